The van der Waals surface area contributed by atoms with Crippen LogP contribution in [0.3, 0.4) is 0 Å². The molecule has 1 amide bonds. The third-order valence-electron chi connectivity index (χ3n) is 4.06. The average Bonchev–Trinajstić information content (AvgIpc) is 2.63. The van der Waals surface area contributed by atoms with Crippen molar-refractivity contribution in [3.8, 4) is 11.8 Å². The summed E-state index contributed by atoms with van der Waals surface area (Å²) in [7, 11) is 0. The molecule has 0 radical (unpaired) electrons. The normalized spacial score (nSPS) is 10.0. The Morgan fingerprint density at radius 3 is 2.58 bits per heavy atom. The number of hydrogen-bond acceptors (Lipinski definition) is 3. The third kappa shape index (κ3) is 5.49. The van der Waals surface area contributed by atoms with Gasteiger partial charge in [0.15, 0.2) is 0 Å². The second kappa shape index (κ2) is 9.43. The van der Waals surface area contributed by atoms with E-state index in [1.807, 2.05) is 38.1 Å². The second-order valence-electron chi connectivity index (χ2n) is 6.24. The highest BCUT2D eigenvalue weighted by Gasteiger charge is 2.13. The van der Waals surface area contributed by atoms with Crippen LogP contribution in [0.4, 0.5) is 0 Å². The number of nitriles is 1. The Bertz CT molecular complexity index is 804. The van der Waals surface area contributed by atoms with Gasteiger partial charge in [-0.25, -0.2) is 0 Å². The van der Waals surface area contributed by atoms with E-state index in [-0.39, 0.29) is 5.91 Å². The fraction of sp³-hybridized carbons (Fsp3) is 0.273. The van der Waals surface area contributed by atoms with Crippen molar-refractivity contribution in [2.45, 2.75) is 26.8 Å². The van der Waals surface area contributed by atoms with E-state index < -0.39 is 0 Å². The molecule has 4 heteroatoms. The van der Waals surface area contributed by atoms with Gasteiger partial charge in [0.05, 0.1) is 24.7 Å². The first-order valence-electron chi connectivity index (χ1n) is 8.61. The van der Waals surface area contributed by atoms with Crippen LogP contribution in [0.2, 0.25) is 0 Å². The minimum absolute atomic E-state index is 0.0130. The maximum atomic E-state index is 12.5. The van der Waals surface area contributed by atoms with E-state index in [0.29, 0.717) is 31.7 Å². The number of carbonyl (C=O) groups is 1. The molecule has 2 aromatic carbocycles. The quantitative estimate of drug-likeness (QED) is 0.673. The summed E-state index contributed by atoms with van der Waals surface area (Å²) in [6.45, 7) is 9.07. The number of hydrogen-bond donors (Lipinski definition) is 0. The summed E-state index contributed by atoms with van der Waals surface area (Å²) in [4.78, 5) is 14.3. The molecule has 0 aromatic heterocycles. The fourth-order valence-electron chi connectivity index (χ4n) is 2.68. The van der Waals surface area contributed by atoms with Crippen LogP contribution in [0.25, 0.3) is 0 Å². The zero-order chi connectivity index (χ0) is 18.9. The van der Waals surface area contributed by atoms with Crippen molar-refractivity contribution in [3.05, 3.63) is 77.4 Å². The van der Waals surface area contributed by atoms with Crippen molar-refractivity contribution in [2.24, 2.45) is 0 Å². The summed E-state index contributed by atoms with van der Waals surface area (Å²) in [5.74, 6) is 0.824. The molecule has 0 aliphatic carbocycles. The second-order valence-corrected chi connectivity index (χ2v) is 6.24. The van der Waals surface area contributed by atoms with Gasteiger partial charge in [-0.1, -0.05) is 35.9 Å². The summed E-state index contributed by atoms with van der Waals surface area (Å²) in [6, 6.07) is 15.3. The highest BCUT2D eigenvalue weighted by atomic mass is 16.5. The summed E-state index contributed by atoms with van der Waals surface area (Å²) in [5, 5.41) is 8.87. The van der Waals surface area contributed by atoms with Crippen LogP contribution < -0.4 is 4.74 Å². The van der Waals surface area contributed by atoms with E-state index in [0.717, 1.165) is 16.9 Å². The van der Waals surface area contributed by atoms with Crippen LogP contribution in [-0.4, -0.2) is 24.0 Å². The Morgan fingerprint density at radius 2 is 1.96 bits per heavy atom. The number of rotatable bonds is 8. The van der Waals surface area contributed by atoms with Gasteiger partial charge < -0.3 is 9.64 Å². The summed E-state index contributed by atoms with van der Waals surface area (Å²) in [5.41, 5.74) is 3.84. The van der Waals surface area contributed by atoms with Crippen molar-refractivity contribution in [1.29, 1.82) is 5.26 Å². The van der Waals surface area contributed by atoms with Gasteiger partial charge >= 0.3 is 0 Å². The molecule has 0 spiro atoms. The molecule has 0 unspecified atom stereocenters. The van der Waals surface area contributed by atoms with Crippen molar-refractivity contribution in [3.63, 3.8) is 0 Å². The molecule has 4 nitrogen and oxygen atoms in total. The van der Waals surface area contributed by atoms with Crippen molar-refractivity contribution >= 4 is 5.91 Å². The number of aryl methyl sites for hydroxylation is 2. The third-order valence-corrected chi connectivity index (χ3v) is 4.06. The van der Waals surface area contributed by atoms with Crippen LogP contribution in [0, 0.1) is 25.2 Å². The lowest BCUT2D eigenvalue weighted by atomic mass is 10.1. The molecule has 26 heavy (non-hydrogen) atoms. The van der Waals surface area contributed by atoms with E-state index in [2.05, 4.69) is 18.7 Å². The highest BCUT2D eigenvalue weighted by Crippen LogP contribution is 2.19. The lowest BCUT2D eigenvalue weighted by Crippen LogP contribution is -2.31. The smallest absolute Gasteiger partial charge is 0.226 e. The molecule has 0 atom stereocenters. The molecule has 0 N–H and O–H groups in total. The van der Waals surface area contributed by atoms with Gasteiger partial charge in [0, 0.05) is 13.1 Å². The van der Waals surface area contributed by atoms with Gasteiger partial charge in [0.1, 0.15) is 5.75 Å². The first-order valence-corrected chi connectivity index (χ1v) is 8.61. The number of carbonyl (C=O) groups excluding carboxylic acids is 1. The molecule has 0 aliphatic heterocycles. The Balaban J connectivity index is 1.92. The first-order chi connectivity index (χ1) is 12.5. The molecule has 0 saturated heterocycles. The molecular formula is C22H24N2O2. The molecule has 0 aliphatic rings. The maximum Gasteiger partial charge on any atom is 0.226 e. The van der Waals surface area contributed by atoms with Gasteiger partial charge in [0.25, 0.3) is 0 Å². The monoisotopic (exact) mass is 348 g/mol. The highest BCUT2D eigenvalue weighted by molar-refractivity contribution is 5.76. The predicted octanol–water partition coefficient (Wildman–Crippen LogP) is 4.16. The SMILES string of the molecule is C=CCN(Cc1ccc(C#N)cc1)C(=O)CCOc1ccc(C)cc1C. The summed E-state index contributed by atoms with van der Waals surface area (Å²) in [6.07, 6.45) is 2.02. The maximum absolute atomic E-state index is 12.5. The van der Waals surface area contributed by atoms with E-state index >= 15 is 0 Å². The summed E-state index contributed by atoms with van der Waals surface area (Å²) < 4.78 is 5.76. The van der Waals surface area contributed by atoms with Crippen LogP contribution in [0.1, 0.15) is 28.7 Å². The largest absolute Gasteiger partial charge is 0.493 e. The zero-order valence-electron chi connectivity index (χ0n) is 15.4. The Labute approximate surface area is 155 Å². The first kappa shape index (κ1) is 19.3. The zero-order valence-corrected chi connectivity index (χ0v) is 15.4. The van der Waals surface area contributed by atoms with Crippen LogP contribution in [0.15, 0.2) is 55.1 Å². The van der Waals surface area contributed by atoms with E-state index in [9.17, 15) is 4.79 Å². The lowest BCUT2D eigenvalue weighted by Gasteiger charge is -2.21. The number of benzene rings is 2. The molecule has 0 bridgehead atoms. The Hall–Kier alpha value is -3.06. The average molecular weight is 348 g/mol. The van der Waals surface area contributed by atoms with Gasteiger partial charge in [-0.2, -0.15) is 5.26 Å². The van der Waals surface area contributed by atoms with Gasteiger partial charge in [-0.05, 0) is 43.2 Å². The molecule has 134 valence electrons. The molecule has 2 rings (SSSR count). The minimum Gasteiger partial charge on any atom is -0.493 e. The van der Waals surface area contributed by atoms with Crippen LogP contribution in [0.5, 0.6) is 5.75 Å². The van der Waals surface area contributed by atoms with E-state index in [1.165, 1.54) is 5.56 Å². The summed E-state index contributed by atoms with van der Waals surface area (Å²) >= 11 is 0. The van der Waals surface area contributed by atoms with Crippen molar-refractivity contribution in [1.82, 2.24) is 4.90 Å². The van der Waals surface area contributed by atoms with E-state index in [1.54, 1.807) is 23.1 Å². The lowest BCUT2D eigenvalue weighted by molar-refractivity contribution is -0.131. The van der Waals surface area contributed by atoms with E-state index in [4.69, 9.17) is 10.00 Å². The van der Waals surface area contributed by atoms with Crippen molar-refractivity contribution < 1.29 is 9.53 Å². The number of nitrogens with zero attached hydrogens (tertiary/aromatic N) is 2. The van der Waals surface area contributed by atoms with Gasteiger partial charge in [-0.3, -0.25) is 4.79 Å². The molecule has 2 aromatic rings. The molecule has 0 fully saturated rings. The topological polar surface area (TPSA) is 53.3 Å². The predicted molar refractivity (Wildman–Crippen MR) is 103 cm³/mol. The van der Waals surface area contributed by atoms with Gasteiger partial charge in [0.2, 0.25) is 5.91 Å². The molecule has 0 saturated carbocycles. The number of amides is 1. The number of ether oxygens (including phenoxy) is 1. The fourth-order valence-corrected chi connectivity index (χ4v) is 2.68. The Kier molecular flexibility index (Phi) is 6.99. The van der Waals surface area contributed by atoms with Gasteiger partial charge in [-0.15, -0.1) is 6.58 Å². The standard InChI is InChI=1S/C22H24N2O2/c1-4-12-24(16-20-8-6-19(15-23)7-9-20)22(25)11-13-26-21-10-5-17(2)14-18(21)3/h4-10,14H,1,11-13,16H2,2-3H3. The Morgan fingerprint density at radius 1 is 1.23 bits per heavy atom. The minimum atomic E-state index is 0.0130. The molecular weight excluding hydrogens is 324 g/mol. The molecule has 0 heterocycles. The van der Waals surface area contributed by atoms with Crippen LogP contribution in [-0.2, 0) is 11.3 Å². The van der Waals surface area contributed by atoms with Crippen molar-refractivity contribution in [2.75, 3.05) is 13.2 Å². The van der Waals surface area contributed by atoms with Crippen LogP contribution >= 0.6 is 0 Å².